The minimum Gasteiger partial charge on any atom is -0.366 e. The Bertz CT molecular complexity index is 954. The van der Waals surface area contributed by atoms with Crippen LogP contribution in [-0.2, 0) is 11.2 Å². The first kappa shape index (κ1) is 16.9. The van der Waals surface area contributed by atoms with Gasteiger partial charge >= 0.3 is 5.69 Å². The molecule has 26 heavy (non-hydrogen) atoms. The van der Waals surface area contributed by atoms with Gasteiger partial charge in [-0.1, -0.05) is 6.07 Å². The summed E-state index contributed by atoms with van der Waals surface area (Å²) in [4.78, 5) is 33.9. The summed E-state index contributed by atoms with van der Waals surface area (Å²) in [6.07, 6.45) is 0.576. The van der Waals surface area contributed by atoms with Crippen molar-refractivity contribution in [3.05, 3.63) is 51.1 Å². The number of carbonyl (C=O) groups is 1. The summed E-state index contributed by atoms with van der Waals surface area (Å²) in [6, 6.07) is 7.30. The number of aromatic nitrogens is 2. The molecule has 0 radical (unpaired) electrons. The number of amides is 1. The number of benzene rings is 1. The fourth-order valence-corrected chi connectivity index (χ4v) is 4.14. The average Bonchev–Trinajstić information content (AvgIpc) is 3.29. The number of nitrogens with one attached hydrogen (secondary N) is 2. The first-order valence-corrected chi connectivity index (χ1v) is 9.57. The van der Waals surface area contributed by atoms with Crippen LogP contribution in [0.4, 0.5) is 5.69 Å². The zero-order chi connectivity index (χ0) is 18.1. The number of fused-ring (bicyclic) bond motifs is 1. The summed E-state index contributed by atoms with van der Waals surface area (Å²) in [5.74, 6) is 0.00381. The van der Waals surface area contributed by atoms with Gasteiger partial charge in [-0.2, -0.15) is 11.3 Å². The number of carbonyl (C=O) groups excluding carboxylic acids is 1. The molecule has 1 atom stereocenters. The van der Waals surface area contributed by atoms with Crippen molar-refractivity contribution in [3.8, 4) is 0 Å². The van der Waals surface area contributed by atoms with Crippen LogP contribution >= 0.6 is 11.3 Å². The maximum absolute atomic E-state index is 12.6. The van der Waals surface area contributed by atoms with Crippen LogP contribution in [-0.4, -0.2) is 53.0 Å². The smallest absolute Gasteiger partial charge is 0.323 e. The largest absolute Gasteiger partial charge is 0.366 e. The van der Waals surface area contributed by atoms with Gasteiger partial charge < -0.3 is 25.5 Å². The zero-order valence-corrected chi connectivity index (χ0v) is 15.1. The van der Waals surface area contributed by atoms with E-state index in [0.29, 0.717) is 32.6 Å². The van der Waals surface area contributed by atoms with Crippen molar-refractivity contribution in [3.63, 3.8) is 0 Å². The van der Waals surface area contributed by atoms with Crippen LogP contribution in [0.3, 0.4) is 0 Å². The van der Waals surface area contributed by atoms with E-state index >= 15 is 0 Å². The van der Waals surface area contributed by atoms with Gasteiger partial charge in [0.2, 0.25) is 5.91 Å². The lowest BCUT2D eigenvalue weighted by atomic mass is 10.1. The number of thiophene rings is 1. The van der Waals surface area contributed by atoms with Crippen LogP contribution < -0.4 is 16.3 Å². The second kappa shape index (κ2) is 6.97. The van der Waals surface area contributed by atoms with E-state index in [4.69, 9.17) is 5.73 Å². The van der Waals surface area contributed by atoms with Crippen LogP contribution in [0, 0.1) is 0 Å². The van der Waals surface area contributed by atoms with Crippen molar-refractivity contribution in [1.82, 2.24) is 14.9 Å². The molecule has 1 unspecified atom stereocenters. The predicted octanol–water partition coefficient (Wildman–Crippen LogP) is 1.14. The van der Waals surface area contributed by atoms with Gasteiger partial charge in [0.05, 0.1) is 22.8 Å². The second-order valence-corrected chi connectivity index (χ2v) is 7.31. The molecule has 1 amide bonds. The Hall–Kier alpha value is -2.58. The van der Waals surface area contributed by atoms with Crippen molar-refractivity contribution < 1.29 is 4.79 Å². The molecule has 2 aromatic heterocycles. The molecule has 1 fully saturated rings. The van der Waals surface area contributed by atoms with E-state index in [1.807, 2.05) is 39.9 Å². The number of hydrogen-bond acceptors (Lipinski definition) is 5. The quantitative estimate of drug-likeness (QED) is 0.640. The van der Waals surface area contributed by atoms with E-state index in [1.54, 1.807) is 11.3 Å². The first-order chi connectivity index (χ1) is 12.6. The van der Waals surface area contributed by atoms with E-state index in [0.717, 1.165) is 22.3 Å². The molecule has 4 rings (SSSR count). The van der Waals surface area contributed by atoms with Gasteiger partial charge in [0.25, 0.3) is 0 Å². The lowest BCUT2D eigenvalue weighted by Gasteiger charge is -2.37. The SMILES string of the molecule is NC(Cc1ccsc1)C(=O)N1CCN(c2cccc3[nH]c(=O)[nH]c23)CC1. The maximum Gasteiger partial charge on any atom is 0.323 e. The molecule has 1 aliphatic heterocycles. The van der Waals surface area contributed by atoms with E-state index in [1.165, 1.54) is 0 Å². The maximum atomic E-state index is 12.6. The third kappa shape index (κ3) is 3.25. The van der Waals surface area contributed by atoms with Crippen LogP contribution in [0.1, 0.15) is 5.56 Å². The number of nitrogens with zero attached hydrogens (tertiary/aromatic N) is 2. The molecule has 0 aliphatic carbocycles. The van der Waals surface area contributed by atoms with Gasteiger partial charge in [0.1, 0.15) is 0 Å². The molecule has 3 aromatic rings. The van der Waals surface area contributed by atoms with Gasteiger partial charge in [0.15, 0.2) is 0 Å². The zero-order valence-electron chi connectivity index (χ0n) is 14.3. The van der Waals surface area contributed by atoms with E-state index < -0.39 is 6.04 Å². The van der Waals surface area contributed by atoms with Gasteiger partial charge in [-0.05, 0) is 40.9 Å². The van der Waals surface area contributed by atoms with E-state index in [-0.39, 0.29) is 11.6 Å². The summed E-state index contributed by atoms with van der Waals surface area (Å²) in [5.41, 5.74) is 9.61. The normalized spacial score (nSPS) is 16.2. The van der Waals surface area contributed by atoms with Crippen LogP contribution in [0.25, 0.3) is 11.0 Å². The second-order valence-electron chi connectivity index (χ2n) is 6.53. The molecule has 136 valence electrons. The summed E-state index contributed by atoms with van der Waals surface area (Å²) >= 11 is 1.61. The minimum absolute atomic E-state index is 0.00381. The summed E-state index contributed by atoms with van der Waals surface area (Å²) in [7, 11) is 0. The van der Waals surface area contributed by atoms with Gasteiger partial charge in [-0.15, -0.1) is 0 Å². The average molecular weight is 371 g/mol. The molecule has 7 nitrogen and oxygen atoms in total. The molecular formula is C18H21N5O2S. The van der Waals surface area contributed by atoms with Crippen LogP contribution in [0.2, 0.25) is 0 Å². The molecule has 1 saturated heterocycles. The molecule has 0 bridgehead atoms. The number of aromatic amines is 2. The third-order valence-electron chi connectivity index (χ3n) is 4.81. The highest BCUT2D eigenvalue weighted by molar-refractivity contribution is 7.07. The summed E-state index contributed by atoms with van der Waals surface area (Å²) in [5, 5.41) is 4.03. The Balaban J connectivity index is 1.42. The number of hydrogen-bond donors (Lipinski definition) is 3. The standard InChI is InChI=1S/C18H21N5O2S/c19-13(10-12-4-9-26-11-12)17(24)23-7-5-22(6-8-23)15-3-1-2-14-16(15)21-18(25)20-14/h1-4,9,11,13H,5-8,10,19H2,(H2,20,21,25). The molecule has 4 N–H and O–H groups in total. The van der Waals surface area contributed by atoms with Crippen LogP contribution in [0.15, 0.2) is 39.8 Å². The Morgan fingerprint density at radius 3 is 2.73 bits per heavy atom. The van der Waals surface area contributed by atoms with Crippen molar-refractivity contribution >= 4 is 34.0 Å². The predicted molar refractivity (Wildman–Crippen MR) is 104 cm³/mol. The van der Waals surface area contributed by atoms with E-state index in [9.17, 15) is 9.59 Å². The van der Waals surface area contributed by atoms with Gasteiger partial charge in [0, 0.05) is 26.2 Å². The molecule has 1 aromatic carbocycles. The Morgan fingerprint density at radius 1 is 1.19 bits per heavy atom. The fraction of sp³-hybridized carbons (Fsp3) is 0.333. The number of H-pyrrole nitrogens is 2. The van der Waals surface area contributed by atoms with Gasteiger partial charge in [-0.3, -0.25) is 4.79 Å². The Labute approximate surface area is 154 Å². The Morgan fingerprint density at radius 2 is 2.00 bits per heavy atom. The number of imidazole rings is 1. The Kier molecular flexibility index (Phi) is 4.52. The summed E-state index contributed by atoms with van der Waals surface area (Å²) < 4.78 is 0. The number of rotatable bonds is 4. The highest BCUT2D eigenvalue weighted by Gasteiger charge is 2.26. The fourth-order valence-electron chi connectivity index (χ4n) is 3.46. The first-order valence-electron chi connectivity index (χ1n) is 8.63. The molecular weight excluding hydrogens is 350 g/mol. The third-order valence-corrected chi connectivity index (χ3v) is 5.55. The van der Waals surface area contributed by atoms with Crippen molar-refractivity contribution in [1.29, 1.82) is 0 Å². The van der Waals surface area contributed by atoms with Crippen molar-refractivity contribution in [2.24, 2.45) is 5.73 Å². The monoisotopic (exact) mass is 371 g/mol. The highest BCUT2D eigenvalue weighted by atomic mass is 32.1. The van der Waals surface area contributed by atoms with Gasteiger partial charge in [-0.25, -0.2) is 4.79 Å². The van der Waals surface area contributed by atoms with Crippen molar-refractivity contribution in [2.45, 2.75) is 12.5 Å². The molecule has 3 heterocycles. The topological polar surface area (TPSA) is 98.2 Å². The van der Waals surface area contributed by atoms with Crippen LogP contribution in [0.5, 0.6) is 0 Å². The molecule has 0 spiro atoms. The lowest BCUT2D eigenvalue weighted by Crippen LogP contribution is -2.53. The molecule has 0 saturated carbocycles. The minimum atomic E-state index is -0.499. The number of para-hydroxylation sites is 1. The number of nitrogens with two attached hydrogens (primary N) is 1. The van der Waals surface area contributed by atoms with Crippen molar-refractivity contribution in [2.75, 3.05) is 31.1 Å². The number of piperazine rings is 1. The lowest BCUT2D eigenvalue weighted by molar-refractivity contribution is -0.132. The highest BCUT2D eigenvalue weighted by Crippen LogP contribution is 2.24. The number of anilines is 1. The van der Waals surface area contributed by atoms with E-state index in [2.05, 4.69) is 14.9 Å². The molecule has 8 heteroatoms. The summed E-state index contributed by atoms with van der Waals surface area (Å²) in [6.45, 7) is 2.68. The molecule has 1 aliphatic rings.